The van der Waals surface area contributed by atoms with Crippen molar-refractivity contribution in [3.63, 3.8) is 0 Å². The highest BCUT2D eigenvalue weighted by Crippen LogP contribution is 2.36. The molecule has 1 fully saturated rings. The Morgan fingerprint density at radius 1 is 1.53 bits per heavy atom. The molecule has 1 aromatic heterocycles. The van der Waals surface area contributed by atoms with Crippen LogP contribution in [0.5, 0.6) is 0 Å². The van der Waals surface area contributed by atoms with Gasteiger partial charge in [0.2, 0.25) is 0 Å². The third-order valence-corrected chi connectivity index (χ3v) is 4.38. The zero-order valence-electron chi connectivity index (χ0n) is 12.2. The summed E-state index contributed by atoms with van der Waals surface area (Å²) in [7, 11) is 1.90. The Morgan fingerprint density at radius 3 is 2.74 bits per heavy atom. The van der Waals surface area contributed by atoms with E-state index in [1.807, 2.05) is 27.1 Å². The number of hydrogen-bond acceptors (Lipinski definition) is 3. The van der Waals surface area contributed by atoms with E-state index >= 15 is 0 Å². The first-order valence-electron chi connectivity index (χ1n) is 6.86. The summed E-state index contributed by atoms with van der Waals surface area (Å²) in [5.41, 5.74) is 1.34. The number of carboxylic acid groups (broad SMARTS) is 1. The molecular formula is C14H23N3O2. The lowest BCUT2D eigenvalue weighted by Gasteiger charge is -2.45. The summed E-state index contributed by atoms with van der Waals surface area (Å²) in [6, 6.07) is 0.0788. The standard InChI is InChI=1S/C14H23N3O2/c1-10-12(9-16(4)15-10)11(2)17-8-6-5-7-14(17,3)13(18)19/h9,11H,5-8H2,1-4H3,(H,18,19). The Kier molecular flexibility index (Phi) is 3.67. The molecule has 1 saturated heterocycles. The number of carboxylic acids is 1. The van der Waals surface area contributed by atoms with E-state index in [-0.39, 0.29) is 6.04 Å². The van der Waals surface area contributed by atoms with E-state index in [1.165, 1.54) is 0 Å². The molecule has 0 bridgehead atoms. The van der Waals surface area contributed by atoms with E-state index in [0.717, 1.165) is 30.6 Å². The average molecular weight is 265 g/mol. The van der Waals surface area contributed by atoms with E-state index < -0.39 is 11.5 Å². The normalized spacial score (nSPS) is 26.3. The van der Waals surface area contributed by atoms with Crippen molar-refractivity contribution in [2.75, 3.05) is 6.54 Å². The number of rotatable bonds is 3. The van der Waals surface area contributed by atoms with Gasteiger partial charge in [-0.25, -0.2) is 0 Å². The second-order valence-electron chi connectivity index (χ2n) is 5.75. The molecule has 2 unspecified atom stereocenters. The van der Waals surface area contributed by atoms with Gasteiger partial charge in [0.15, 0.2) is 0 Å². The highest BCUT2D eigenvalue weighted by molar-refractivity contribution is 5.78. The molecule has 1 N–H and O–H groups in total. The quantitative estimate of drug-likeness (QED) is 0.909. The van der Waals surface area contributed by atoms with Gasteiger partial charge in [-0.3, -0.25) is 14.4 Å². The van der Waals surface area contributed by atoms with Crippen molar-refractivity contribution >= 4 is 5.97 Å². The molecule has 2 atom stereocenters. The van der Waals surface area contributed by atoms with Gasteiger partial charge in [0.25, 0.3) is 0 Å². The first-order valence-corrected chi connectivity index (χ1v) is 6.86. The number of aliphatic carboxylic acids is 1. The van der Waals surface area contributed by atoms with E-state index in [9.17, 15) is 9.90 Å². The fourth-order valence-electron chi connectivity index (χ4n) is 3.19. The molecule has 0 spiro atoms. The predicted octanol–water partition coefficient (Wildman–Crippen LogP) is 2.12. The number of aryl methyl sites for hydroxylation is 2. The maximum Gasteiger partial charge on any atom is 0.323 e. The molecular weight excluding hydrogens is 242 g/mol. The van der Waals surface area contributed by atoms with Crippen LogP contribution in [0.1, 0.15) is 50.4 Å². The Bertz CT molecular complexity index is 483. The average Bonchev–Trinajstić information content (AvgIpc) is 2.68. The first kappa shape index (κ1) is 14.1. The van der Waals surface area contributed by atoms with Crippen molar-refractivity contribution < 1.29 is 9.90 Å². The summed E-state index contributed by atoms with van der Waals surface area (Å²) in [5, 5.41) is 13.9. The Morgan fingerprint density at radius 2 is 2.21 bits per heavy atom. The molecule has 0 amide bonds. The van der Waals surface area contributed by atoms with Crippen LogP contribution in [0.3, 0.4) is 0 Å². The molecule has 106 valence electrons. The minimum Gasteiger partial charge on any atom is -0.480 e. The van der Waals surface area contributed by atoms with Crippen LogP contribution in [-0.2, 0) is 11.8 Å². The molecule has 5 nitrogen and oxygen atoms in total. The van der Waals surface area contributed by atoms with Gasteiger partial charge < -0.3 is 5.11 Å². The molecule has 19 heavy (non-hydrogen) atoms. The number of nitrogens with zero attached hydrogens (tertiary/aromatic N) is 3. The van der Waals surface area contributed by atoms with Crippen molar-refractivity contribution in [1.82, 2.24) is 14.7 Å². The van der Waals surface area contributed by atoms with Crippen molar-refractivity contribution in [1.29, 1.82) is 0 Å². The summed E-state index contributed by atoms with van der Waals surface area (Å²) in [6.07, 6.45) is 4.76. The summed E-state index contributed by atoms with van der Waals surface area (Å²) in [6.45, 7) is 6.74. The van der Waals surface area contributed by atoms with Gasteiger partial charge in [-0.05, 0) is 46.6 Å². The van der Waals surface area contributed by atoms with Crippen LogP contribution in [0.15, 0.2) is 6.20 Å². The minimum atomic E-state index is -0.764. The molecule has 0 saturated carbocycles. The fourth-order valence-corrected chi connectivity index (χ4v) is 3.19. The minimum absolute atomic E-state index is 0.0788. The van der Waals surface area contributed by atoms with Gasteiger partial charge in [-0.2, -0.15) is 5.10 Å². The lowest BCUT2D eigenvalue weighted by atomic mass is 9.86. The molecule has 2 rings (SSSR count). The molecule has 0 radical (unpaired) electrons. The number of hydrogen-bond donors (Lipinski definition) is 1. The Balaban J connectivity index is 2.33. The number of carbonyl (C=O) groups is 1. The topological polar surface area (TPSA) is 58.4 Å². The van der Waals surface area contributed by atoms with Crippen molar-refractivity contribution in [3.05, 3.63) is 17.5 Å². The first-order chi connectivity index (χ1) is 8.86. The number of aromatic nitrogens is 2. The zero-order chi connectivity index (χ0) is 14.2. The molecule has 0 aliphatic carbocycles. The lowest BCUT2D eigenvalue weighted by Crippen LogP contribution is -2.55. The predicted molar refractivity (Wildman–Crippen MR) is 73.0 cm³/mol. The maximum absolute atomic E-state index is 11.6. The SMILES string of the molecule is Cc1nn(C)cc1C(C)N1CCCCC1(C)C(=O)O. The smallest absolute Gasteiger partial charge is 0.323 e. The highest BCUT2D eigenvalue weighted by atomic mass is 16.4. The van der Waals surface area contributed by atoms with Gasteiger partial charge in [-0.1, -0.05) is 0 Å². The van der Waals surface area contributed by atoms with E-state index in [0.29, 0.717) is 6.42 Å². The molecule has 1 aliphatic heterocycles. The van der Waals surface area contributed by atoms with Gasteiger partial charge in [0.1, 0.15) is 5.54 Å². The molecule has 0 aromatic carbocycles. The van der Waals surface area contributed by atoms with E-state index in [4.69, 9.17) is 0 Å². The maximum atomic E-state index is 11.6. The summed E-state index contributed by atoms with van der Waals surface area (Å²) < 4.78 is 1.79. The Hall–Kier alpha value is -1.36. The second kappa shape index (κ2) is 4.96. The van der Waals surface area contributed by atoms with Gasteiger partial charge in [0.05, 0.1) is 5.69 Å². The number of likely N-dealkylation sites (tertiary alicyclic amines) is 1. The number of piperidine rings is 1. The van der Waals surface area contributed by atoms with E-state index in [1.54, 1.807) is 4.68 Å². The molecule has 5 heteroatoms. The van der Waals surface area contributed by atoms with Crippen LogP contribution in [0.25, 0.3) is 0 Å². The Labute approximate surface area is 114 Å². The fraction of sp³-hybridized carbons (Fsp3) is 0.714. The monoisotopic (exact) mass is 265 g/mol. The third kappa shape index (κ3) is 2.39. The van der Waals surface area contributed by atoms with E-state index in [2.05, 4.69) is 16.9 Å². The van der Waals surface area contributed by atoms with Crippen LogP contribution < -0.4 is 0 Å². The largest absolute Gasteiger partial charge is 0.480 e. The van der Waals surface area contributed by atoms with Crippen LogP contribution in [0.4, 0.5) is 0 Å². The second-order valence-corrected chi connectivity index (χ2v) is 5.75. The van der Waals surface area contributed by atoms with Crippen LogP contribution in [-0.4, -0.2) is 37.8 Å². The summed E-state index contributed by atoms with van der Waals surface area (Å²) in [4.78, 5) is 13.8. The van der Waals surface area contributed by atoms with Gasteiger partial charge in [0, 0.05) is 24.8 Å². The van der Waals surface area contributed by atoms with Gasteiger partial charge >= 0.3 is 5.97 Å². The highest BCUT2D eigenvalue weighted by Gasteiger charge is 2.44. The van der Waals surface area contributed by atoms with Crippen molar-refractivity contribution in [2.24, 2.45) is 7.05 Å². The summed E-state index contributed by atoms with van der Waals surface area (Å²) >= 11 is 0. The summed E-state index contributed by atoms with van der Waals surface area (Å²) in [5.74, 6) is -0.722. The van der Waals surface area contributed by atoms with Crippen LogP contribution in [0, 0.1) is 6.92 Å². The molecule has 2 heterocycles. The third-order valence-electron chi connectivity index (χ3n) is 4.38. The lowest BCUT2D eigenvalue weighted by molar-refractivity contribution is -0.155. The van der Waals surface area contributed by atoms with Crippen LogP contribution in [0.2, 0.25) is 0 Å². The zero-order valence-corrected chi connectivity index (χ0v) is 12.2. The van der Waals surface area contributed by atoms with Gasteiger partial charge in [-0.15, -0.1) is 0 Å². The molecule has 1 aliphatic rings. The van der Waals surface area contributed by atoms with Crippen LogP contribution >= 0.6 is 0 Å². The van der Waals surface area contributed by atoms with Crippen molar-refractivity contribution in [3.8, 4) is 0 Å². The van der Waals surface area contributed by atoms with Crippen molar-refractivity contribution in [2.45, 2.75) is 51.6 Å². The molecule has 1 aromatic rings.